The van der Waals surface area contributed by atoms with E-state index in [9.17, 15) is 0 Å². The molecule has 0 spiro atoms. The van der Waals surface area contributed by atoms with Gasteiger partial charge in [-0.05, 0) is 43.0 Å². The van der Waals surface area contributed by atoms with Crippen LogP contribution in [0.25, 0.3) is 17.3 Å². The van der Waals surface area contributed by atoms with Crippen LogP contribution in [0.1, 0.15) is 12.7 Å². The summed E-state index contributed by atoms with van der Waals surface area (Å²) in [5, 5.41) is 12.5. The number of hydrogen-bond donors (Lipinski definition) is 1. The van der Waals surface area contributed by atoms with E-state index in [1.54, 1.807) is 6.26 Å². The fourth-order valence-corrected chi connectivity index (χ4v) is 2.91. The quantitative estimate of drug-likeness (QED) is 0.712. The van der Waals surface area contributed by atoms with Crippen LogP contribution < -0.4 is 10.1 Å². The Bertz CT molecular complexity index is 925. The minimum absolute atomic E-state index is 0.390. The van der Waals surface area contributed by atoms with Gasteiger partial charge in [0.05, 0.1) is 6.26 Å². The Kier molecular flexibility index (Phi) is 4.15. The first-order valence-electron chi connectivity index (χ1n) is 7.77. The number of ether oxygens (including phenoxy) is 1. The summed E-state index contributed by atoms with van der Waals surface area (Å²) in [4.78, 5) is 4.50. The average Bonchev–Trinajstić information content (AvgIpc) is 3.08. The number of fused-ring (bicyclic) bond motifs is 3. The largest absolute Gasteiger partial charge is 0.465 e. The predicted octanol–water partition coefficient (Wildman–Crippen LogP) is 4.09. The highest BCUT2D eigenvalue weighted by Gasteiger charge is 2.25. The Labute approximate surface area is 149 Å². The molecule has 1 N–H and O–H groups in total. The number of para-hydroxylation sites is 1. The van der Waals surface area contributed by atoms with Gasteiger partial charge >= 0.3 is 0 Å². The normalized spacial score (nSPS) is 16.2. The lowest BCUT2D eigenvalue weighted by Crippen LogP contribution is -2.27. The van der Waals surface area contributed by atoms with Gasteiger partial charge in [0.2, 0.25) is 11.0 Å². The summed E-state index contributed by atoms with van der Waals surface area (Å²) in [7, 11) is 0. The van der Waals surface area contributed by atoms with E-state index in [2.05, 4.69) is 20.5 Å². The third-order valence-electron chi connectivity index (χ3n) is 3.84. The molecule has 6 nitrogen and oxygen atoms in total. The van der Waals surface area contributed by atoms with Gasteiger partial charge in [-0.1, -0.05) is 30.0 Å². The van der Waals surface area contributed by atoms with Crippen LogP contribution in [0, 0.1) is 0 Å². The van der Waals surface area contributed by atoms with Crippen LogP contribution in [0.4, 0.5) is 5.69 Å². The maximum absolute atomic E-state index is 6.14. The molecule has 2 aromatic heterocycles. The number of furan rings is 1. The molecule has 126 valence electrons. The molecule has 4 rings (SSSR count). The van der Waals surface area contributed by atoms with E-state index in [0.717, 1.165) is 22.6 Å². The van der Waals surface area contributed by atoms with Gasteiger partial charge in [0.15, 0.2) is 11.9 Å². The molecule has 0 unspecified atom stereocenters. The Morgan fingerprint density at radius 3 is 2.88 bits per heavy atom. The maximum atomic E-state index is 6.14. The molecule has 3 heterocycles. The number of anilines is 1. The molecule has 25 heavy (non-hydrogen) atoms. The maximum Gasteiger partial charge on any atom is 0.247 e. The van der Waals surface area contributed by atoms with E-state index in [-0.39, 0.29) is 6.23 Å². The lowest BCUT2D eigenvalue weighted by Gasteiger charge is -2.19. The van der Waals surface area contributed by atoms with E-state index in [1.165, 1.54) is 11.8 Å². The van der Waals surface area contributed by atoms with Crippen molar-refractivity contribution in [2.24, 2.45) is 0 Å². The summed E-state index contributed by atoms with van der Waals surface area (Å²) in [5.41, 5.74) is 3.43. The van der Waals surface area contributed by atoms with Gasteiger partial charge in [-0.2, -0.15) is 4.98 Å². The molecule has 0 aliphatic carbocycles. The molecule has 0 saturated heterocycles. The van der Waals surface area contributed by atoms with E-state index < -0.39 is 0 Å². The Morgan fingerprint density at radius 1 is 1.20 bits per heavy atom. The van der Waals surface area contributed by atoms with Crippen LogP contribution in [0.5, 0.6) is 5.88 Å². The van der Waals surface area contributed by atoms with Crippen LogP contribution in [-0.4, -0.2) is 27.7 Å². The first kappa shape index (κ1) is 15.7. The number of rotatable bonds is 3. The van der Waals surface area contributed by atoms with Gasteiger partial charge in [0.1, 0.15) is 5.76 Å². The van der Waals surface area contributed by atoms with Crippen molar-refractivity contribution < 1.29 is 9.15 Å². The lowest BCUT2D eigenvalue weighted by atomic mass is 10.1. The number of hydrogen-bond acceptors (Lipinski definition) is 7. The minimum atomic E-state index is -0.390. The van der Waals surface area contributed by atoms with E-state index >= 15 is 0 Å². The smallest absolute Gasteiger partial charge is 0.247 e. The predicted molar refractivity (Wildman–Crippen MR) is 97.4 cm³/mol. The van der Waals surface area contributed by atoms with Crippen molar-refractivity contribution >= 4 is 23.5 Å². The van der Waals surface area contributed by atoms with Crippen LogP contribution in [-0.2, 0) is 0 Å². The average molecular weight is 352 g/mol. The zero-order chi connectivity index (χ0) is 17.2. The highest BCUT2D eigenvalue weighted by Crippen LogP contribution is 2.37. The van der Waals surface area contributed by atoms with Crippen molar-refractivity contribution in [1.82, 2.24) is 15.2 Å². The van der Waals surface area contributed by atoms with E-state index in [0.29, 0.717) is 16.7 Å². The van der Waals surface area contributed by atoms with Crippen molar-refractivity contribution in [3.8, 4) is 17.1 Å². The summed E-state index contributed by atoms with van der Waals surface area (Å²) < 4.78 is 11.5. The first-order valence-corrected chi connectivity index (χ1v) is 9.00. The van der Waals surface area contributed by atoms with Gasteiger partial charge < -0.3 is 14.5 Å². The number of nitrogens with one attached hydrogen (secondary N) is 1. The molecule has 1 aliphatic rings. The van der Waals surface area contributed by atoms with Gasteiger partial charge in [-0.15, -0.1) is 10.2 Å². The van der Waals surface area contributed by atoms with Crippen molar-refractivity contribution in [3.63, 3.8) is 0 Å². The minimum Gasteiger partial charge on any atom is -0.465 e. The van der Waals surface area contributed by atoms with Crippen LogP contribution in [0.2, 0.25) is 0 Å². The Hall–Kier alpha value is -2.80. The van der Waals surface area contributed by atoms with Crippen LogP contribution in [0.3, 0.4) is 0 Å². The van der Waals surface area contributed by atoms with Gasteiger partial charge in [0.25, 0.3) is 0 Å². The molecule has 1 aliphatic heterocycles. The fourth-order valence-electron chi connectivity index (χ4n) is 2.61. The summed E-state index contributed by atoms with van der Waals surface area (Å²) in [6.07, 6.45) is 5.10. The second kappa shape index (κ2) is 6.60. The lowest BCUT2D eigenvalue weighted by molar-refractivity contribution is 0.255. The van der Waals surface area contributed by atoms with Crippen molar-refractivity contribution in [3.05, 3.63) is 54.0 Å². The molecular formula is C18H16N4O2S. The molecule has 0 bridgehead atoms. The topological polar surface area (TPSA) is 73.1 Å². The number of benzene rings is 1. The summed E-state index contributed by atoms with van der Waals surface area (Å²) in [6.45, 7) is 1.98. The van der Waals surface area contributed by atoms with E-state index in [4.69, 9.17) is 9.15 Å². The molecule has 0 saturated carbocycles. The fraction of sp³-hybridized carbons (Fsp3) is 0.167. The monoisotopic (exact) mass is 352 g/mol. The first-order chi connectivity index (χ1) is 12.2. The van der Waals surface area contributed by atoms with Crippen LogP contribution >= 0.6 is 11.8 Å². The number of nitrogens with zero attached hydrogens (tertiary/aromatic N) is 3. The number of aromatic nitrogens is 3. The van der Waals surface area contributed by atoms with Gasteiger partial charge in [0, 0.05) is 11.3 Å². The number of thioether (sulfide) groups is 1. The van der Waals surface area contributed by atoms with Gasteiger partial charge in [-0.25, -0.2) is 0 Å². The molecule has 1 aromatic carbocycles. The Morgan fingerprint density at radius 2 is 2.08 bits per heavy atom. The third-order valence-corrected chi connectivity index (χ3v) is 4.38. The molecule has 0 fully saturated rings. The van der Waals surface area contributed by atoms with Crippen LogP contribution in [0.15, 0.2) is 57.8 Å². The third kappa shape index (κ3) is 3.10. The van der Waals surface area contributed by atoms with E-state index in [1.807, 2.05) is 55.7 Å². The molecule has 1 atom stereocenters. The van der Waals surface area contributed by atoms with Gasteiger partial charge in [-0.3, -0.25) is 0 Å². The summed E-state index contributed by atoms with van der Waals surface area (Å²) in [6, 6.07) is 11.7. The molecular weight excluding hydrogens is 336 g/mol. The second-order valence-electron chi connectivity index (χ2n) is 5.54. The van der Waals surface area contributed by atoms with Crippen molar-refractivity contribution in [2.45, 2.75) is 18.3 Å². The highest BCUT2D eigenvalue weighted by atomic mass is 32.2. The standard InChI is InChI=1S/C18H16N4O2S/c1-11(10-12-6-5-9-23-12)16-19-14-8-4-3-7-13(14)15-17(24-16)20-18(25-2)22-21-15/h3-10,16,19H,1-2H3/b11-10+/t16-/m1/s1. The zero-order valence-electron chi connectivity index (χ0n) is 13.8. The zero-order valence-corrected chi connectivity index (χ0v) is 14.6. The van der Waals surface area contributed by atoms with Crippen molar-refractivity contribution in [2.75, 3.05) is 11.6 Å². The summed E-state index contributed by atoms with van der Waals surface area (Å²) >= 11 is 1.43. The molecule has 0 radical (unpaired) electrons. The molecule has 0 amide bonds. The second-order valence-corrected chi connectivity index (χ2v) is 6.32. The molecule has 7 heteroatoms. The summed E-state index contributed by atoms with van der Waals surface area (Å²) in [5.74, 6) is 1.24. The SMILES string of the molecule is CSc1nnc2c(n1)O[C@H](/C(C)=C/c1ccco1)Nc1ccccc1-2. The highest BCUT2D eigenvalue weighted by molar-refractivity contribution is 7.98. The Balaban J connectivity index is 1.79. The van der Waals surface area contributed by atoms with Crippen molar-refractivity contribution in [1.29, 1.82) is 0 Å². The molecule has 3 aromatic rings.